The summed E-state index contributed by atoms with van der Waals surface area (Å²) in [6.45, 7) is 7.46. The molecule has 0 aliphatic heterocycles. The third kappa shape index (κ3) is 2.28. The van der Waals surface area contributed by atoms with Gasteiger partial charge in [0.15, 0.2) is 0 Å². The standard InChI is InChI=1S/C14H16ClNO/c1-8-5-10(15)7-11-12(14(3,4)17)6-9(2)16-13(8)11/h5-7,17H,1-4H3. The molecule has 0 saturated heterocycles. The number of halogens is 1. The van der Waals surface area contributed by atoms with Crippen LogP contribution in [0.25, 0.3) is 10.9 Å². The van der Waals surface area contributed by atoms with E-state index < -0.39 is 5.60 Å². The number of rotatable bonds is 1. The van der Waals surface area contributed by atoms with Crippen LogP contribution < -0.4 is 0 Å². The van der Waals surface area contributed by atoms with Crippen LogP contribution in [0.4, 0.5) is 0 Å². The minimum atomic E-state index is -0.900. The lowest BCUT2D eigenvalue weighted by atomic mass is 9.93. The molecule has 0 aliphatic rings. The van der Waals surface area contributed by atoms with Gasteiger partial charge in [-0.1, -0.05) is 11.6 Å². The fourth-order valence-electron chi connectivity index (χ4n) is 2.09. The number of hydrogen-bond acceptors (Lipinski definition) is 2. The summed E-state index contributed by atoms with van der Waals surface area (Å²) in [5.41, 5.74) is 2.81. The van der Waals surface area contributed by atoms with E-state index >= 15 is 0 Å². The van der Waals surface area contributed by atoms with Gasteiger partial charge in [0.05, 0.1) is 11.1 Å². The summed E-state index contributed by atoms with van der Waals surface area (Å²) in [6, 6.07) is 5.67. The lowest BCUT2D eigenvalue weighted by Crippen LogP contribution is -2.16. The second-order valence-corrected chi connectivity index (χ2v) is 5.43. The van der Waals surface area contributed by atoms with Crippen molar-refractivity contribution in [2.45, 2.75) is 33.3 Å². The molecule has 0 amide bonds. The summed E-state index contributed by atoms with van der Waals surface area (Å²) < 4.78 is 0. The van der Waals surface area contributed by atoms with Gasteiger partial charge in [0, 0.05) is 16.1 Å². The maximum Gasteiger partial charge on any atom is 0.0847 e. The molecule has 0 spiro atoms. The minimum Gasteiger partial charge on any atom is -0.386 e. The molecule has 1 heterocycles. The van der Waals surface area contributed by atoms with Gasteiger partial charge in [-0.2, -0.15) is 0 Å². The van der Waals surface area contributed by atoms with E-state index in [0.717, 1.165) is 27.7 Å². The highest BCUT2D eigenvalue weighted by molar-refractivity contribution is 6.31. The molecule has 1 N–H and O–H groups in total. The van der Waals surface area contributed by atoms with Gasteiger partial charge in [0.2, 0.25) is 0 Å². The topological polar surface area (TPSA) is 33.1 Å². The van der Waals surface area contributed by atoms with Crippen molar-refractivity contribution in [2.24, 2.45) is 0 Å². The Morgan fingerprint density at radius 1 is 1.18 bits per heavy atom. The summed E-state index contributed by atoms with van der Waals surface area (Å²) in [7, 11) is 0. The summed E-state index contributed by atoms with van der Waals surface area (Å²) in [6.07, 6.45) is 0. The summed E-state index contributed by atoms with van der Waals surface area (Å²) in [5, 5.41) is 11.8. The van der Waals surface area contributed by atoms with Crippen LogP contribution >= 0.6 is 11.6 Å². The maximum absolute atomic E-state index is 10.2. The maximum atomic E-state index is 10.2. The molecule has 0 aliphatic carbocycles. The fourth-order valence-corrected chi connectivity index (χ4v) is 2.36. The first kappa shape index (κ1) is 12.3. The van der Waals surface area contributed by atoms with Gasteiger partial charge in [-0.05, 0) is 57.0 Å². The molecule has 2 aromatic rings. The number of nitrogens with zero attached hydrogens (tertiary/aromatic N) is 1. The largest absolute Gasteiger partial charge is 0.386 e. The average Bonchev–Trinajstić information content (AvgIpc) is 2.16. The number of hydrogen-bond donors (Lipinski definition) is 1. The van der Waals surface area contributed by atoms with Crippen LogP contribution in [-0.4, -0.2) is 10.1 Å². The third-order valence-corrected chi connectivity index (χ3v) is 3.07. The SMILES string of the molecule is Cc1cc(C(C)(C)O)c2cc(Cl)cc(C)c2n1. The Kier molecular flexibility index (Phi) is 2.88. The van der Waals surface area contributed by atoms with E-state index in [2.05, 4.69) is 4.98 Å². The number of pyridine rings is 1. The Bertz CT molecular complexity index is 585. The summed E-state index contributed by atoms with van der Waals surface area (Å²) >= 11 is 6.08. The Labute approximate surface area is 106 Å². The highest BCUT2D eigenvalue weighted by atomic mass is 35.5. The van der Waals surface area contributed by atoms with Gasteiger partial charge in [0.25, 0.3) is 0 Å². The van der Waals surface area contributed by atoms with Gasteiger partial charge >= 0.3 is 0 Å². The number of fused-ring (bicyclic) bond motifs is 1. The van der Waals surface area contributed by atoms with Crippen LogP contribution in [0.1, 0.15) is 30.7 Å². The van der Waals surface area contributed by atoms with Crippen molar-refractivity contribution in [3.8, 4) is 0 Å². The van der Waals surface area contributed by atoms with Crippen molar-refractivity contribution in [3.63, 3.8) is 0 Å². The Morgan fingerprint density at radius 3 is 2.41 bits per heavy atom. The lowest BCUT2D eigenvalue weighted by Gasteiger charge is -2.21. The average molecular weight is 250 g/mol. The first-order chi connectivity index (χ1) is 7.79. The highest BCUT2D eigenvalue weighted by Crippen LogP contribution is 2.31. The molecule has 0 bridgehead atoms. The van der Waals surface area contributed by atoms with E-state index in [1.165, 1.54) is 0 Å². The molecule has 0 fully saturated rings. The zero-order valence-corrected chi connectivity index (χ0v) is 11.3. The van der Waals surface area contributed by atoms with Crippen molar-refractivity contribution in [3.05, 3.63) is 40.0 Å². The number of aromatic nitrogens is 1. The van der Waals surface area contributed by atoms with E-state index in [0.29, 0.717) is 5.02 Å². The molecule has 1 aromatic carbocycles. The molecule has 3 heteroatoms. The third-order valence-electron chi connectivity index (χ3n) is 2.86. The fraction of sp³-hybridized carbons (Fsp3) is 0.357. The number of aryl methyl sites for hydroxylation is 2. The molecule has 0 saturated carbocycles. The predicted octanol–water partition coefficient (Wildman–Crippen LogP) is 3.73. The summed E-state index contributed by atoms with van der Waals surface area (Å²) in [5.74, 6) is 0. The van der Waals surface area contributed by atoms with E-state index in [-0.39, 0.29) is 0 Å². The monoisotopic (exact) mass is 249 g/mol. The predicted molar refractivity (Wildman–Crippen MR) is 71.5 cm³/mol. The normalized spacial score (nSPS) is 12.1. The van der Waals surface area contributed by atoms with Gasteiger partial charge in [-0.15, -0.1) is 0 Å². The van der Waals surface area contributed by atoms with E-state index in [1.807, 2.05) is 32.0 Å². The molecule has 1 aromatic heterocycles. The van der Waals surface area contributed by atoms with Crippen LogP contribution in [0, 0.1) is 13.8 Å². The second-order valence-electron chi connectivity index (χ2n) is 4.99. The van der Waals surface area contributed by atoms with Crippen LogP contribution in [0.2, 0.25) is 5.02 Å². The van der Waals surface area contributed by atoms with Crippen LogP contribution in [0.15, 0.2) is 18.2 Å². The zero-order chi connectivity index (χ0) is 12.8. The molecule has 17 heavy (non-hydrogen) atoms. The van der Waals surface area contributed by atoms with Gasteiger partial charge in [0.1, 0.15) is 0 Å². The van der Waals surface area contributed by atoms with E-state index in [1.54, 1.807) is 13.8 Å². The Balaban J connectivity index is 2.93. The van der Waals surface area contributed by atoms with E-state index in [9.17, 15) is 5.11 Å². The molecule has 2 rings (SSSR count). The number of benzene rings is 1. The van der Waals surface area contributed by atoms with Crippen LogP contribution in [0.5, 0.6) is 0 Å². The van der Waals surface area contributed by atoms with Crippen molar-refractivity contribution in [2.75, 3.05) is 0 Å². The van der Waals surface area contributed by atoms with Crippen molar-refractivity contribution in [1.82, 2.24) is 4.98 Å². The summed E-state index contributed by atoms with van der Waals surface area (Å²) in [4.78, 5) is 4.52. The Morgan fingerprint density at radius 2 is 1.82 bits per heavy atom. The molecule has 0 atom stereocenters. The molecule has 2 nitrogen and oxygen atoms in total. The molecule has 90 valence electrons. The van der Waals surface area contributed by atoms with Crippen LogP contribution in [0.3, 0.4) is 0 Å². The lowest BCUT2D eigenvalue weighted by molar-refractivity contribution is 0.0801. The highest BCUT2D eigenvalue weighted by Gasteiger charge is 2.20. The first-order valence-electron chi connectivity index (χ1n) is 5.59. The van der Waals surface area contributed by atoms with Crippen LogP contribution in [-0.2, 0) is 5.60 Å². The van der Waals surface area contributed by atoms with Crippen molar-refractivity contribution >= 4 is 22.5 Å². The molecular formula is C14H16ClNO. The molecule has 0 radical (unpaired) electrons. The van der Waals surface area contributed by atoms with Gasteiger partial charge < -0.3 is 5.11 Å². The first-order valence-corrected chi connectivity index (χ1v) is 5.97. The number of aliphatic hydroxyl groups is 1. The smallest absolute Gasteiger partial charge is 0.0847 e. The van der Waals surface area contributed by atoms with Gasteiger partial charge in [-0.3, -0.25) is 4.98 Å². The second kappa shape index (κ2) is 3.97. The Hall–Kier alpha value is -1.12. The van der Waals surface area contributed by atoms with Crippen molar-refractivity contribution < 1.29 is 5.11 Å². The molecular weight excluding hydrogens is 234 g/mol. The quantitative estimate of drug-likeness (QED) is 0.835. The van der Waals surface area contributed by atoms with E-state index in [4.69, 9.17) is 11.6 Å². The zero-order valence-electron chi connectivity index (χ0n) is 10.5. The van der Waals surface area contributed by atoms with Gasteiger partial charge in [-0.25, -0.2) is 0 Å². The minimum absolute atomic E-state index is 0.672. The molecule has 0 unspecified atom stereocenters. The van der Waals surface area contributed by atoms with Crippen molar-refractivity contribution in [1.29, 1.82) is 0 Å².